The number of pyridine rings is 1. The normalized spacial score (nSPS) is 17.8. The van der Waals surface area contributed by atoms with Crippen molar-refractivity contribution in [2.45, 2.75) is 25.4 Å². The molecule has 0 unspecified atom stereocenters. The fourth-order valence-electron chi connectivity index (χ4n) is 4.29. The van der Waals surface area contributed by atoms with E-state index in [1.54, 1.807) is 0 Å². The van der Waals surface area contributed by atoms with Crippen molar-refractivity contribution in [2.24, 2.45) is 0 Å². The van der Waals surface area contributed by atoms with Gasteiger partial charge >= 0.3 is 0 Å². The third kappa shape index (κ3) is 3.54. The summed E-state index contributed by atoms with van der Waals surface area (Å²) in [6.07, 6.45) is 2.71. The van der Waals surface area contributed by atoms with E-state index in [2.05, 4.69) is 45.4 Å². The summed E-state index contributed by atoms with van der Waals surface area (Å²) in [5.41, 5.74) is 3.53. The van der Waals surface area contributed by atoms with Crippen LogP contribution < -0.4 is 10.2 Å². The number of benzene rings is 2. The fraction of sp³-hybridized carbons (Fsp3) is 0.348. The Labute approximate surface area is 171 Å². The number of nitrogens with one attached hydrogen (secondary N) is 1. The topological polar surface area (TPSA) is 31.4 Å². The zero-order valence-electron chi connectivity index (χ0n) is 15.9. The lowest BCUT2D eigenvalue weighted by molar-refractivity contribution is 0.205. The zero-order chi connectivity index (χ0) is 18.9. The van der Waals surface area contributed by atoms with Crippen molar-refractivity contribution in [3.05, 3.63) is 65.2 Å². The van der Waals surface area contributed by atoms with Crippen LogP contribution in [0, 0.1) is 0 Å². The number of para-hydroxylation sites is 1. The van der Waals surface area contributed by atoms with E-state index in [0.29, 0.717) is 6.04 Å². The van der Waals surface area contributed by atoms with Crippen LogP contribution in [0.5, 0.6) is 0 Å². The highest BCUT2D eigenvalue weighted by atomic mass is 35.5. The van der Waals surface area contributed by atoms with Crippen molar-refractivity contribution >= 4 is 34.0 Å². The smallest absolute Gasteiger partial charge is 0.129 e. The highest BCUT2D eigenvalue weighted by molar-refractivity contribution is 6.30. The average molecular weight is 393 g/mol. The zero-order valence-corrected chi connectivity index (χ0v) is 16.7. The van der Waals surface area contributed by atoms with Crippen LogP contribution >= 0.6 is 11.6 Å². The number of halogens is 1. The first-order chi connectivity index (χ1) is 13.8. The van der Waals surface area contributed by atoms with E-state index in [-0.39, 0.29) is 0 Å². The molecule has 2 fully saturated rings. The largest absolute Gasteiger partial charge is 0.368 e. The highest BCUT2D eigenvalue weighted by Crippen LogP contribution is 2.33. The molecule has 0 saturated carbocycles. The first-order valence-electron chi connectivity index (χ1n) is 10.1. The maximum atomic E-state index is 5.99. The summed E-state index contributed by atoms with van der Waals surface area (Å²) < 4.78 is 0. The molecule has 4 nitrogen and oxygen atoms in total. The first kappa shape index (κ1) is 17.8. The molecule has 2 aromatic carbocycles. The van der Waals surface area contributed by atoms with E-state index in [1.165, 1.54) is 42.6 Å². The van der Waals surface area contributed by atoms with Gasteiger partial charge in [-0.15, -0.1) is 0 Å². The van der Waals surface area contributed by atoms with Crippen molar-refractivity contribution in [2.75, 3.05) is 36.4 Å². The van der Waals surface area contributed by atoms with Crippen LogP contribution in [0.25, 0.3) is 10.9 Å². The second kappa shape index (κ2) is 7.61. The van der Waals surface area contributed by atoms with Gasteiger partial charge in [0.25, 0.3) is 0 Å². The fourth-order valence-corrected chi connectivity index (χ4v) is 4.42. The summed E-state index contributed by atoms with van der Waals surface area (Å²) in [5.74, 6) is 0.924. The van der Waals surface area contributed by atoms with Gasteiger partial charge in [-0.2, -0.15) is 0 Å². The molecule has 5 rings (SSSR count). The molecule has 0 radical (unpaired) electrons. The number of fused-ring (bicyclic) bond motifs is 1. The molecule has 0 atom stereocenters. The van der Waals surface area contributed by atoms with Crippen LogP contribution in [0.3, 0.4) is 0 Å². The molecule has 1 N–H and O–H groups in total. The quantitative estimate of drug-likeness (QED) is 0.676. The summed E-state index contributed by atoms with van der Waals surface area (Å²) in [4.78, 5) is 9.98. The van der Waals surface area contributed by atoms with Gasteiger partial charge in [0.1, 0.15) is 5.82 Å². The van der Waals surface area contributed by atoms with Gasteiger partial charge < -0.3 is 10.2 Å². The second-order valence-electron chi connectivity index (χ2n) is 7.83. The van der Waals surface area contributed by atoms with E-state index in [0.717, 1.165) is 36.0 Å². The SMILES string of the molecule is Clc1ccc(CNc2cc(N3CC(N4CCCC4)C3)c3ccccc3n2)cc1. The summed E-state index contributed by atoms with van der Waals surface area (Å²) in [6, 6.07) is 19.3. The number of anilines is 2. The third-order valence-electron chi connectivity index (χ3n) is 5.94. The van der Waals surface area contributed by atoms with Gasteiger partial charge in [-0.3, -0.25) is 4.90 Å². The van der Waals surface area contributed by atoms with Crippen LogP contribution in [0.4, 0.5) is 11.5 Å². The van der Waals surface area contributed by atoms with Crippen LogP contribution in [-0.4, -0.2) is 42.1 Å². The van der Waals surface area contributed by atoms with Gasteiger partial charge in [0.2, 0.25) is 0 Å². The molecule has 0 bridgehead atoms. The molecule has 0 amide bonds. The molecule has 3 heterocycles. The Morgan fingerprint density at radius 3 is 2.54 bits per heavy atom. The van der Waals surface area contributed by atoms with Gasteiger partial charge in [-0.1, -0.05) is 41.9 Å². The lowest BCUT2D eigenvalue weighted by Gasteiger charge is -2.46. The molecule has 28 heavy (non-hydrogen) atoms. The Bertz CT molecular complexity index is 960. The maximum absolute atomic E-state index is 5.99. The number of hydrogen-bond donors (Lipinski definition) is 1. The number of aromatic nitrogens is 1. The van der Waals surface area contributed by atoms with E-state index < -0.39 is 0 Å². The van der Waals surface area contributed by atoms with Gasteiger partial charge in [0.05, 0.1) is 5.52 Å². The molecule has 2 aliphatic rings. The van der Waals surface area contributed by atoms with Crippen molar-refractivity contribution in [1.29, 1.82) is 0 Å². The van der Waals surface area contributed by atoms with Crippen LogP contribution in [-0.2, 0) is 6.54 Å². The second-order valence-corrected chi connectivity index (χ2v) is 8.26. The van der Waals surface area contributed by atoms with Crippen molar-refractivity contribution in [3.8, 4) is 0 Å². The lowest BCUT2D eigenvalue weighted by Crippen LogP contribution is -2.58. The molecule has 0 spiro atoms. The lowest BCUT2D eigenvalue weighted by atomic mass is 10.0. The van der Waals surface area contributed by atoms with Crippen LogP contribution in [0.2, 0.25) is 5.02 Å². The minimum atomic E-state index is 0.708. The first-order valence-corrected chi connectivity index (χ1v) is 10.5. The minimum absolute atomic E-state index is 0.708. The molecular weight excluding hydrogens is 368 g/mol. The van der Waals surface area contributed by atoms with Crippen molar-refractivity contribution in [3.63, 3.8) is 0 Å². The molecular formula is C23H25ClN4. The summed E-state index contributed by atoms with van der Waals surface area (Å²) in [5, 5.41) is 5.49. The van der Waals surface area contributed by atoms with E-state index in [4.69, 9.17) is 16.6 Å². The van der Waals surface area contributed by atoms with Crippen molar-refractivity contribution < 1.29 is 0 Å². The Morgan fingerprint density at radius 2 is 1.75 bits per heavy atom. The van der Waals surface area contributed by atoms with Gasteiger partial charge in [0, 0.05) is 47.8 Å². The predicted octanol–water partition coefficient (Wildman–Crippen LogP) is 4.78. The summed E-state index contributed by atoms with van der Waals surface area (Å²) in [7, 11) is 0. The molecule has 2 saturated heterocycles. The van der Waals surface area contributed by atoms with Gasteiger partial charge in [-0.25, -0.2) is 4.98 Å². The molecule has 5 heteroatoms. The monoisotopic (exact) mass is 392 g/mol. The highest BCUT2D eigenvalue weighted by Gasteiger charge is 2.34. The molecule has 144 valence electrons. The van der Waals surface area contributed by atoms with Gasteiger partial charge in [0.15, 0.2) is 0 Å². The van der Waals surface area contributed by atoms with E-state index >= 15 is 0 Å². The number of likely N-dealkylation sites (tertiary alicyclic amines) is 1. The standard InChI is InChI=1S/C23H25ClN4/c24-18-9-7-17(8-10-18)14-25-23-13-22(20-5-1-2-6-21(20)26-23)28-15-19(16-28)27-11-3-4-12-27/h1-2,5-10,13,19H,3-4,11-12,14-16H2,(H,25,26). The Hall–Kier alpha value is -2.30. The Balaban J connectivity index is 1.36. The average Bonchev–Trinajstić information content (AvgIpc) is 3.20. The van der Waals surface area contributed by atoms with Crippen LogP contribution in [0.15, 0.2) is 54.6 Å². The van der Waals surface area contributed by atoms with Crippen molar-refractivity contribution in [1.82, 2.24) is 9.88 Å². The Kier molecular flexibility index (Phi) is 4.83. The summed E-state index contributed by atoms with van der Waals surface area (Å²) >= 11 is 5.99. The van der Waals surface area contributed by atoms with E-state index in [1.807, 2.05) is 24.3 Å². The number of rotatable bonds is 5. The molecule has 0 aliphatic carbocycles. The number of nitrogens with zero attached hydrogens (tertiary/aromatic N) is 3. The maximum Gasteiger partial charge on any atom is 0.129 e. The van der Waals surface area contributed by atoms with Crippen LogP contribution in [0.1, 0.15) is 18.4 Å². The minimum Gasteiger partial charge on any atom is -0.368 e. The Morgan fingerprint density at radius 1 is 1.00 bits per heavy atom. The molecule has 1 aromatic heterocycles. The third-order valence-corrected chi connectivity index (χ3v) is 6.19. The molecule has 3 aromatic rings. The van der Waals surface area contributed by atoms with Gasteiger partial charge in [-0.05, 0) is 49.7 Å². The predicted molar refractivity (Wildman–Crippen MR) is 117 cm³/mol. The molecule has 2 aliphatic heterocycles. The summed E-state index contributed by atoms with van der Waals surface area (Å²) in [6.45, 7) is 5.50. The van der Waals surface area contributed by atoms with E-state index in [9.17, 15) is 0 Å². The number of hydrogen-bond acceptors (Lipinski definition) is 4.